The molecule has 2 saturated heterocycles. The summed E-state index contributed by atoms with van der Waals surface area (Å²) >= 11 is 0. The molecule has 1 spiro atoms. The molecule has 2 aliphatic heterocycles. The Morgan fingerprint density at radius 3 is 2.41 bits per heavy atom. The summed E-state index contributed by atoms with van der Waals surface area (Å²) < 4.78 is 25.5. The zero-order valence-corrected chi connectivity index (χ0v) is 17.6. The average molecular weight is 393 g/mol. The van der Waals surface area contributed by atoms with E-state index in [0.29, 0.717) is 29.4 Å². The van der Waals surface area contributed by atoms with Crippen LogP contribution in [-0.4, -0.2) is 58.7 Å². The van der Waals surface area contributed by atoms with Gasteiger partial charge in [0.25, 0.3) is 0 Å². The monoisotopic (exact) mass is 392 g/mol. The predicted octanol–water partition coefficient (Wildman–Crippen LogP) is 2.67. The molecule has 0 aromatic carbocycles. The summed E-state index contributed by atoms with van der Waals surface area (Å²) in [7, 11) is -2.74. The van der Waals surface area contributed by atoms with Crippen LogP contribution in [0, 0.1) is 5.41 Å². The summed E-state index contributed by atoms with van der Waals surface area (Å²) in [5, 5.41) is 4.90. The molecule has 1 aromatic heterocycles. The third kappa shape index (κ3) is 3.24. The van der Waals surface area contributed by atoms with Gasteiger partial charge in [-0.15, -0.1) is 0 Å². The summed E-state index contributed by atoms with van der Waals surface area (Å²) in [6.07, 6.45) is 7.03. The molecule has 27 heavy (non-hydrogen) atoms. The van der Waals surface area contributed by atoms with Gasteiger partial charge in [0.15, 0.2) is 15.7 Å². The number of aromatic nitrogens is 3. The Labute approximate surface area is 162 Å². The third-order valence-corrected chi connectivity index (χ3v) is 9.14. The summed E-state index contributed by atoms with van der Waals surface area (Å²) in [6, 6.07) is 0.576. The second kappa shape index (κ2) is 5.78. The highest BCUT2D eigenvalue weighted by Gasteiger charge is 2.53. The first kappa shape index (κ1) is 18.1. The van der Waals surface area contributed by atoms with Gasteiger partial charge in [0.2, 0.25) is 0 Å². The van der Waals surface area contributed by atoms with E-state index in [2.05, 4.69) is 30.4 Å². The Morgan fingerprint density at radius 2 is 1.78 bits per heavy atom. The molecule has 150 valence electrons. The largest absolute Gasteiger partial charge is 0.300 e. The van der Waals surface area contributed by atoms with E-state index >= 15 is 0 Å². The highest BCUT2D eigenvalue weighted by molar-refractivity contribution is 7.92. The van der Waals surface area contributed by atoms with Crippen molar-refractivity contribution in [1.82, 2.24) is 19.7 Å². The van der Waals surface area contributed by atoms with Crippen molar-refractivity contribution in [3.05, 3.63) is 11.6 Å². The van der Waals surface area contributed by atoms with Crippen LogP contribution in [0.25, 0.3) is 0 Å². The van der Waals surface area contributed by atoms with Gasteiger partial charge < -0.3 is 0 Å². The maximum absolute atomic E-state index is 11.7. The van der Waals surface area contributed by atoms with Gasteiger partial charge in [0, 0.05) is 29.8 Å². The van der Waals surface area contributed by atoms with Crippen LogP contribution in [0.1, 0.15) is 82.8 Å². The molecule has 2 aliphatic carbocycles. The van der Waals surface area contributed by atoms with Gasteiger partial charge in [-0.2, -0.15) is 5.10 Å². The van der Waals surface area contributed by atoms with E-state index < -0.39 is 9.84 Å². The van der Waals surface area contributed by atoms with Crippen LogP contribution in [-0.2, 0) is 15.4 Å². The molecule has 1 unspecified atom stereocenters. The highest BCUT2D eigenvalue weighted by Crippen LogP contribution is 2.46. The maximum Gasteiger partial charge on any atom is 0.154 e. The number of likely N-dealkylation sites (tertiary alicyclic amines) is 1. The zero-order chi connectivity index (χ0) is 19.0. The standard InChI is InChI=1S/C20H32N4O2S/c1-19(2,3)24-18(21-17(22-24)14-4-5-14)15-6-7-16(10-15)23-9-8-20(11-23)12-27(25,26)13-20/h14-16H,4-13H2,1-3H3/t15-,16?/m0/s1. The lowest BCUT2D eigenvalue weighted by molar-refractivity contribution is 0.213. The predicted molar refractivity (Wildman–Crippen MR) is 105 cm³/mol. The Kier molecular flexibility index (Phi) is 3.88. The van der Waals surface area contributed by atoms with Crippen LogP contribution in [0.15, 0.2) is 0 Å². The molecule has 5 rings (SSSR count). The number of nitrogens with zero attached hydrogens (tertiary/aromatic N) is 4. The van der Waals surface area contributed by atoms with Crippen molar-refractivity contribution in [3.63, 3.8) is 0 Å². The Morgan fingerprint density at radius 1 is 1.07 bits per heavy atom. The fourth-order valence-corrected chi connectivity index (χ4v) is 7.80. The zero-order valence-electron chi connectivity index (χ0n) is 16.8. The van der Waals surface area contributed by atoms with Crippen LogP contribution in [0.3, 0.4) is 0 Å². The number of hydrogen-bond acceptors (Lipinski definition) is 5. The first-order valence-corrected chi connectivity index (χ1v) is 12.4. The molecule has 2 saturated carbocycles. The molecule has 0 N–H and O–H groups in total. The second-order valence-corrected chi connectivity index (χ2v) is 12.7. The van der Waals surface area contributed by atoms with Crippen LogP contribution >= 0.6 is 0 Å². The molecule has 2 atom stereocenters. The smallest absolute Gasteiger partial charge is 0.154 e. The van der Waals surface area contributed by atoms with Crippen molar-refractivity contribution in [2.45, 2.75) is 82.7 Å². The van der Waals surface area contributed by atoms with E-state index in [-0.39, 0.29) is 11.0 Å². The molecule has 0 bridgehead atoms. The molecule has 4 fully saturated rings. The van der Waals surface area contributed by atoms with Crippen LogP contribution in [0.5, 0.6) is 0 Å². The first-order valence-electron chi connectivity index (χ1n) is 10.6. The van der Waals surface area contributed by atoms with Crippen LogP contribution in [0.2, 0.25) is 0 Å². The summed E-state index contributed by atoms with van der Waals surface area (Å²) in [5.74, 6) is 4.14. The van der Waals surface area contributed by atoms with E-state index in [1.54, 1.807) is 0 Å². The minimum atomic E-state index is -2.74. The van der Waals surface area contributed by atoms with Crippen molar-refractivity contribution in [2.75, 3.05) is 24.6 Å². The number of sulfone groups is 1. The minimum Gasteiger partial charge on any atom is -0.300 e. The van der Waals surface area contributed by atoms with Crippen molar-refractivity contribution >= 4 is 9.84 Å². The molecule has 0 amide bonds. The van der Waals surface area contributed by atoms with Gasteiger partial charge in [-0.05, 0) is 65.8 Å². The quantitative estimate of drug-likeness (QED) is 0.791. The van der Waals surface area contributed by atoms with Gasteiger partial charge in [0.1, 0.15) is 5.82 Å². The third-order valence-electron chi connectivity index (χ3n) is 7.03. The van der Waals surface area contributed by atoms with Crippen molar-refractivity contribution in [3.8, 4) is 0 Å². The van der Waals surface area contributed by atoms with E-state index in [1.165, 1.54) is 31.5 Å². The van der Waals surface area contributed by atoms with Gasteiger partial charge in [-0.1, -0.05) is 0 Å². The fourth-order valence-electron chi connectivity index (χ4n) is 5.54. The minimum absolute atomic E-state index is 0.0362. The second-order valence-electron chi connectivity index (χ2n) is 10.6. The van der Waals surface area contributed by atoms with E-state index in [0.717, 1.165) is 31.8 Å². The molecular formula is C20H32N4O2S. The Balaban J connectivity index is 1.30. The number of rotatable bonds is 3. The lowest BCUT2D eigenvalue weighted by Crippen LogP contribution is -2.50. The molecular weight excluding hydrogens is 360 g/mol. The van der Waals surface area contributed by atoms with Gasteiger partial charge in [-0.25, -0.2) is 18.1 Å². The Hall–Kier alpha value is -0.950. The van der Waals surface area contributed by atoms with Crippen LogP contribution in [0.4, 0.5) is 0 Å². The molecule has 0 radical (unpaired) electrons. The Bertz CT molecular complexity index is 838. The fraction of sp³-hybridized carbons (Fsp3) is 0.900. The van der Waals surface area contributed by atoms with Gasteiger partial charge >= 0.3 is 0 Å². The molecule has 4 aliphatic rings. The van der Waals surface area contributed by atoms with Crippen molar-refractivity contribution in [2.24, 2.45) is 5.41 Å². The van der Waals surface area contributed by atoms with Crippen molar-refractivity contribution < 1.29 is 8.42 Å². The first-order chi connectivity index (χ1) is 12.6. The maximum atomic E-state index is 11.7. The normalized spacial score (nSPS) is 32.9. The lowest BCUT2D eigenvalue weighted by Gasteiger charge is -2.38. The summed E-state index contributed by atoms with van der Waals surface area (Å²) in [4.78, 5) is 7.59. The average Bonchev–Trinajstić information content (AvgIpc) is 2.98. The topological polar surface area (TPSA) is 68.1 Å². The van der Waals surface area contributed by atoms with Gasteiger partial charge in [0.05, 0.1) is 17.0 Å². The highest BCUT2D eigenvalue weighted by atomic mass is 32.2. The number of hydrogen-bond donors (Lipinski definition) is 0. The molecule has 6 nitrogen and oxygen atoms in total. The van der Waals surface area contributed by atoms with E-state index in [4.69, 9.17) is 10.1 Å². The lowest BCUT2D eigenvalue weighted by atomic mass is 9.91. The van der Waals surface area contributed by atoms with Gasteiger partial charge in [-0.3, -0.25) is 4.90 Å². The van der Waals surface area contributed by atoms with Crippen molar-refractivity contribution in [1.29, 1.82) is 0 Å². The molecule has 3 heterocycles. The molecule has 7 heteroatoms. The summed E-state index contributed by atoms with van der Waals surface area (Å²) in [5.41, 5.74) is 0.0348. The molecule has 1 aromatic rings. The van der Waals surface area contributed by atoms with E-state index in [9.17, 15) is 8.42 Å². The SMILES string of the molecule is CC(C)(C)n1nc(C2CC2)nc1[C@H]1CCC(N2CCC3(C2)CS(=O)(=O)C3)C1. The van der Waals surface area contributed by atoms with Crippen LogP contribution < -0.4 is 0 Å². The van der Waals surface area contributed by atoms with E-state index in [1.807, 2.05) is 0 Å². The summed E-state index contributed by atoms with van der Waals surface area (Å²) in [6.45, 7) is 8.69.